The van der Waals surface area contributed by atoms with Gasteiger partial charge in [-0.25, -0.2) is 8.78 Å². The molecule has 0 N–H and O–H groups in total. The second-order valence-corrected chi connectivity index (χ2v) is 2.66. The van der Waals surface area contributed by atoms with Gasteiger partial charge in [0.25, 0.3) is 0 Å². The fourth-order valence-corrected chi connectivity index (χ4v) is 0.347. The molecular formula is C6H7F4N. The monoisotopic (exact) mass is 169 g/mol. The summed E-state index contributed by atoms with van der Waals surface area (Å²) < 4.78 is 47.9. The van der Waals surface area contributed by atoms with E-state index in [0.29, 0.717) is 0 Å². The molecule has 0 bridgehead atoms. The van der Waals surface area contributed by atoms with Crippen LogP contribution in [0.1, 0.15) is 13.8 Å². The van der Waals surface area contributed by atoms with Gasteiger partial charge in [-0.2, -0.15) is 14.0 Å². The Kier molecular flexibility index (Phi) is 2.49. The Balaban J connectivity index is 4.71. The summed E-state index contributed by atoms with van der Waals surface area (Å²) in [5, 5.41) is 8.12. The minimum Gasteiger partial charge on any atom is -0.204 e. The summed E-state index contributed by atoms with van der Waals surface area (Å²) in [6.45, 7) is 1.55. The van der Waals surface area contributed by atoms with Crippen molar-refractivity contribution in [3.05, 3.63) is 0 Å². The highest BCUT2D eigenvalue weighted by atomic mass is 19.3. The van der Waals surface area contributed by atoms with Crippen molar-refractivity contribution >= 4 is 0 Å². The van der Waals surface area contributed by atoms with E-state index in [4.69, 9.17) is 5.26 Å². The molecule has 5 heteroatoms. The number of halogens is 4. The SMILES string of the molecule is CC(C)(C#N)C(F)(F)C(F)F. The number of hydrogen-bond acceptors (Lipinski definition) is 1. The molecule has 0 unspecified atom stereocenters. The van der Waals surface area contributed by atoms with Crippen LogP contribution in [0.25, 0.3) is 0 Å². The molecule has 0 radical (unpaired) electrons. The normalized spacial score (nSPS) is 13.3. The number of nitrogens with zero attached hydrogens (tertiary/aromatic N) is 1. The molecule has 0 aromatic carbocycles. The lowest BCUT2D eigenvalue weighted by Gasteiger charge is -2.26. The Labute approximate surface area is 61.6 Å². The van der Waals surface area contributed by atoms with Gasteiger partial charge in [-0.3, -0.25) is 0 Å². The molecule has 0 spiro atoms. The van der Waals surface area contributed by atoms with E-state index in [9.17, 15) is 17.6 Å². The van der Waals surface area contributed by atoms with E-state index in [1.54, 1.807) is 0 Å². The van der Waals surface area contributed by atoms with Gasteiger partial charge in [-0.1, -0.05) is 0 Å². The smallest absolute Gasteiger partial charge is 0.204 e. The third-order valence-corrected chi connectivity index (χ3v) is 1.39. The fraction of sp³-hybridized carbons (Fsp3) is 0.833. The van der Waals surface area contributed by atoms with E-state index in [0.717, 1.165) is 19.9 Å². The van der Waals surface area contributed by atoms with Gasteiger partial charge < -0.3 is 0 Å². The summed E-state index contributed by atoms with van der Waals surface area (Å²) in [6.07, 6.45) is -3.79. The lowest BCUT2D eigenvalue weighted by molar-refractivity contribution is -0.179. The predicted molar refractivity (Wildman–Crippen MR) is 30.3 cm³/mol. The van der Waals surface area contributed by atoms with E-state index in [2.05, 4.69) is 0 Å². The van der Waals surface area contributed by atoms with Crippen molar-refractivity contribution in [1.82, 2.24) is 0 Å². The minimum atomic E-state index is -4.25. The first-order valence-electron chi connectivity index (χ1n) is 2.83. The average molecular weight is 169 g/mol. The van der Waals surface area contributed by atoms with Gasteiger partial charge >= 0.3 is 12.3 Å². The van der Waals surface area contributed by atoms with E-state index in [1.165, 1.54) is 0 Å². The van der Waals surface area contributed by atoms with Crippen molar-refractivity contribution in [3.63, 3.8) is 0 Å². The summed E-state index contributed by atoms with van der Waals surface area (Å²) >= 11 is 0. The van der Waals surface area contributed by atoms with E-state index in [1.807, 2.05) is 0 Å². The van der Waals surface area contributed by atoms with Crippen molar-refractivity contribution in [3.8, 4) is 6.07 Å². The molecule has 0 saturated heterocycles. The Bertz CT molecular complexity index is 180. The Morgan fingerprint density at radius 1 is 1.27 bits per heavy atom. The Morgan fingerprint density at radius 3 is 1.73 bits per heavy atom. The minimum absolute atomic E-state index is 0.777. The standard InChI is InChI=1S/C6H7F4N/c1-5(2,3-11)6(9,10)4(7)8/h4H,1-2H3. The van der Waals surface area contributed by atoms with Crippen LogP contribution in [0, 0.1) is 16.7 Å². The molecule has 0 aliphatic rings. The highest BCUT2D eigenvalue weighted by Crippen LogP contribution is 2.40. The van der Waals surface area contributed by atoms with Gasteiger partial charge in [0.1, 0.15) is 5.41 Å². The second kappa shape index (κ2) is 2.68. The average Bonchev–Trinajstić information content (AvgIpc) is 1.87. The Hall–Kier alpha value is -0.790. The fourth-order valence-electron chi connectivity index (χ4n) is 0.347. The topological polar surface area (TPSA) is 23.8 Å². The van der Waals surface area contributed by atoms with Crippen LogP contribution in [-0.4, -0.2) is 12.3 Å². The van der Waals surface area contributed by atoms with Crippen LogP contribution in [0.3, 0.4) is 0 Å². The van der Waals surface area contributed by atoms with Crippen LogP contribution in [0.2, 0.25) is 0 Å². The van der Waals surface area contributed by atoms with Crippen molar-refractivity contribution in [1.29, 1.82) is 5.26 Å². The third kappa shape index (κ3) is 1.62. The second-order valence-electron chi connectivity index (χ2n) is 2.66. The van der Waals surface area contributed by atoms with Crippen molar-refractivity contribution in [2.75, 3.05) is 0 Å². The maximum atomic E-state index is 12.4. The predicted octanol–water partition coefficient (Wildman–Crippen LogP) is 2.44. The van der Waals surface area contributed by atoms with Crippen molar-refractivity contribution in [2.45, 2.75) is 26.2 Å². The van der Waals surface area contributed by atoms with Crippen LogP contribution in [0.4, 0.5) is 17.6 Å². The lowest BCUT2D eigenvalue weighted by Crippen LogP contribution is -2.41. The van der Waals surface area contributed by atoms with Crippen molar-refractivity contribution < 1.29 is 17.6 Å². The van der Waals surface area contributed by atoms with Gasteiger partial charge in [-0.05, 0) is 13.8 Å². The Morgan fingerprint density at radius 2 is 1.64 bits per heavy atom. The first-order valence-corrected chi connectivity index (χ1v) is 2.83. The zero-order valence-electron chi connectivity index (χ0n) is 6.04. The molecule has 0 aromatic rings. The number of alkyl halides is 4. The molecule has 11 heavy (non-hydrogen) atoms. The molecule has 0 amide bonds. The number of hydrogen-bond donors (Lipinski definition) is 0. The molecule has 0 aliphatic heterocycles. The van der Waals surface area contributed by atoms with Gasteiger partial charge in [0, 0.05) is 0 Å². The van der Waals surface area contributed by atoms with Crippen LogP contribution in [-0.2, 0) is 0 Å². The van der Waals surface area contributed by atoms with Crippen LogP contribution < -0.4 is 0 Å². The summed E-state index contributed by atoms with van der Waals surface area (Å²) in [5.41, 5.74) is -2.32. The van der Waals surface area contributed by atoms with Crippen LogP contribution >= 0.6 is 0 Å². The molecule has 0 aliphatic carbocycles. The highest BCUT2D eigenvalue weighted by molar-refractivity contribution is 5.02. The number of nitriles is 1. The number of rotatable bonds is 2. The molecule has 0 saturated carbocycles. The lowest BCUT2D eigenvalue weighted by atomic mass is 9.87. The molecule has 1 nitrogen and oxygen atoms in total. The van der Waals surface area contributed by atoms with E-state index >= 15 is 0 Å². The molecule has 0 aromatic heterocycles. The molecule has 0 fully saturated rings. The van der Waals surface area contributed by atoms with Gasteiger partial charge in [0.2, 0.25) is 0 Å². The summed E-state index contributed by atoms with van der Waals surface area (Å²) in [7, 11) is 0. The van der Waals surface area contributed by atoms with Crippen LogP contribution in [0.5, 0.6) is 0 Å². The largest absolute Gasteiger partial charge is 0.325 e. The van der Waals surface area contributed by atoms with Gasteiger partial charge in [0.15, 0.2) is 0 Å². The third-order valence-electron chi connectivity index (χ3n) is 1.39. The summed E-state index contributed by atoms with van der Waals surface area (Å²) in [4.78, 5) is 0. The zero-order chi connectivity index (χ0) is 9.28. The first kappa shape index (κ1) is 10.2. The first-order chi connectivity index (χ1) is 4.75. The molecule has 0 rings (SSSR count). The summed E-state index contributed by atoms with van der Waals surface area (Å²) in [6, 6.07) is 1.13. The van der Waals surface area contributed by atoms with Crippen molar-refractivity contribution in [2.24, 2.45) is 5.41 Å². The highest BCUT2D eigenvalue weighted by Gasteiger charge is 2.54. The quantitative estimate of drug-likeness (QED) is 0.582. The summed E-state index contributed by atoms with van der Waals surface area (Å²) in [5.74, 6) is -4.25. The van der Waals surface area contributed by atoms with E-state index < -0.39 is 17.8 Å². The maximum absolute atomic E-state index is 12.4. The molecule has 0 heterocycles. The maximum Gasteiger partial charge on any atom is 0.325 e. The van der Waals surface area contributed by atoms with Gasteiger partial charge in [-0.15, -0.1) is 0 Å². The molecule has 64 valence electrons. The van der Waals surface area contributed by atoms with Gasteiger partial charge in [0.05, 0.1) is 6.07 Å². The zero-order valence-corrected chi connectivity index (χ0v) is 6.04. The van der Waals surface area contributed by atoms with Crippen LogP contribution in [0.15, 0.2) is 0 Å². The molecule has 0 atom stereocenters. The molecular weight excluding hydrogens is 162 g/mol. The van der Waals surface area contributed by atoms with E-state index in [-0.39, 0.29) is 0 Å².